The van der Waals surface area contributed by atoms with Crippen LogP contribution in [0.1, 0.15) is 24.3 Å². The van der Waals surface area contributed by atoms with Crippen LogP contribution in [0.5, 0.6) is 0 Å². The molecule has 0 aliphatic heterocycles. The molecule has 0 saturated carbocycles. The van der Waals surface area contributed by atoms with Gasteiger partial charge in [0.15, 0.2) is 11.8 Å². The zero-order chi connectivity index (χ0) is 15.9. The second-order valence-electron chi connectivity index (χ2n) is 5.19. The molecule has 2 heterocycles. The number of hydrogen-bond donors (Lipinski definition) is 1. The molecule has 0 unspecified atom stereocenters. The van der Waals surface area contributed by atoms with Gasteiger partial charge in [0.1, 0.15) is 0 Å². The smallest absolute Gasteiger partial charge is 0.228 e. The monoisotopic (exact) mass is 432 g/mol. The fourth-order valence-corrected chi connectivity index (χ4v) is 2.15. The van der Waals surface area contributed by atoms with Crippen molar-refractivity contribution >= 4 is 29.9 Å². The number of aryl methyl sites for hydroxylation is 2. The summed E-state index contributed by atoms with van der Waals surface area (Å²) in [5.74, 6) is 2.16. The average Bonchev–Trinajstić information content (AvgIpc) is 3.07. The minimum Gasteiger partial charge on any atom is -0.357 e. The van der Waals surface area contributed by atoms with Crippen LogP contribution in [0.3, 0.4) is 0 Å². The molecule has 0 bridgehead atoms. The van der Waals surface area contributed by atoms with Crippen LogP contribution in [0, 0.1) is 6.92 Å². The third-order valence-corrected chi connectivity index (χ3v) is 3.30. The largest absolute Gasteiger partial charge is 0.357 e. The van der Waals surface area contributed by atoms with E-state index >= 15 is 0 Å². The third kappa shape index (κ3) is 5.85. The van der Waals surface area contributed by atoms with Crippen LogP contribution >= 0.6 is 24.0 Å². The molecule has 0 aliphatic rings. The topological polar surface area (TPSA) is 71.5 Å². The van der Waals surface area contributed by atoms with Crippen molar-refractivity contribution in [3.05, 3.63) is 35.7 Å². The van der Waals surface area contributed by atoms with Crippen LogP contribution in [0.4, 0.5) is 0 Å². The average molecular weight is 432 g/mol. The van der Waals surface area contributed by atoms with E-state index in [2.05, 4.69) is 42.9 Å². The Labute approximate surface area is 154 Å². The predicted octanol–water partition coefficient (Wildman–Crippen LogP) is 1.97. The summed E-state index contributed by atoms with van der Waals surface area (Å²) in [5, 5.41) is 7.09. The first kappa shape index (κ1) is 19.5. The SMILES string of the molecule is CCNC(=NCCc1nc(C)no1)N(C)Cc1cccn1C.I. The summed E-state index contributed by atoms with van der Waals surface area (Å²) >= 11 is 0. The molecule has 0 amide bonds. The van der Waals surface area contributed by atoms with Crippen molar-refractivity contribution in [2.45, 2.75) is 26.8 Å². The van der Waals surface area contributed by atoms with Crippen molar-refractivity contribution in [3.63, 3.8) is 0 Å². The first-order chi connectivity index (χ1) is 10.6. The molecule has 23 heavy (non-hydrogen) atoms. The Morgan fingerprint density at radius 2 is 2.26 bits per heavy atom. The molecule has 0 spiro atoms. The summed E-state index contributed by atoms with van der Waals surface area (Å²) in [6.45, 7) is 6.12. The van der Waals surface area contributed by atoms with Crippen LogP contribution in [0.25, 0.3) is 0 Å². The fourth-order valence-electron chi connectivity index (χ4n) is 2.15. The molecule has 2 aromatic heterocycles. The fraction of sp³-hybridized carbons (Fsp3) is 0.533. The number of rotatable bonds is 6. The van der Waals surface area contributed by atoms with E-state index in [4.69, 9.17) is 4.52 Å². The molecule has 0 aliphatic carbocycles. The van der Waals surface area contributed by atoms with Crippen molar-refractivity contribution in [2.75, 3.05) is 20.1 Å². The molecule has 0 saturated heterocycles. The van der Waals surface area contributed by atoms with Gasteiger partial charge < -0.3 is 19.3 Å². The van der Waals surface area contributed by atoms with Crippen molar-refractivity contribution < 1.29 is 4.52 Å². The van der Waals surface area contributed by atoms with Crippen molar-refractivity contribution in [3.8, 4) is 0 Å². The van der Waals surface area contributed by atoms with Crippen LogP contribution in [0.2, 0.25) is 0 Å². The summed E-state index contributed by atoms with van der Waals surface area (Å²) in [6.07, 6.45) is 2.69. The van der Waals surface area contributed by atoms with Gasteiger partial charge >= 0.3 is 0 Å². The first-order valence-corrected chi connectivity index (χ1v) is 7.49. The molecule has 0 fully saturated rings. The maximum Gasteiger partial charge on any atom is 0.228 e. The highest BCUT2D eigenvalue weighted by Gasteiger charge is 2.08. The van der Waals surface area contributed by atoms with Crippen LogP contribution in [-0.2, 0) is 20.0 Å². The highest BCUT2D eigenvalue weighted by molar-refractivity contribution is 14.0. The van der Waals surface area contributed by atoms with E-state index in [1.807, 2.05) is 33.3 Å². The number of guanidine groups is 1. The lowest BCUT2D eigenvalue weighted by Gasteiger charge is -2.22. The van der Waals surface area contributed by atoms with Gasteiger partial charge in [-0.3, -0.25) is 4.99 Å². The number of halogens is 1. The number of hydrogen-bond acceptors (Lipinski definition) is 4. The first-order valence-electron chi connectivity index (χ1n) is 7.49. The van der Waals surface area contributed by atoms with E-state index in [0.717, 1.165) is 19.0 Å². The summed E-state index contributed by atoms with van der Waals surface area (Å²) in [6, 6.07) is 4.16. The van der Waals surface area contributed by atoms with E-state index in [1.54, 1.807) is 0 Å². The Kier molecular flexibility index (Phi) is 8.07. The van der Waals surface area contributed by atoms with Crippen LogP contribution < -0.4 is 5.32 Å². The number of nitrogens with one attached hydrogen (secondary N) is 1. The number of aliphatic imine (C=N–C) groups is 1. The minimum atomic E-state index is 0. The number of nitrogens with zero attached hydrogens (tertiary/aromatic N) is 5. The molecule has 2 aromatic rings. The lowest BCUT2D eigenvalue weighted by molar-refractivity contribution is 0.375. The van der Waals surface area contributed by atoms with E-state index in [1.165, 1.54) is 5.69 Å². The van der Waals surface area contributed by atoms with Gasteiger partial charge in [-0.1, -0.05) is 5.16 Å². The summed E-state index contributed by atoms with van der Waals surface area (Å²) in [7, 11) is 4.08. The van der Waals surface area contributed by atoms with Gasteiger partial charge in [-0.05, 0) is 26.0 Å². The van der Waals surface area contributed by atoms with Crippen molar-refractivity contribution in [2.24, 2.45) is 12.0 Å². The maximum absolute atomic E-state index is 5.10. The summed E-state index contributed by atoms with van der Waals surface area (Å²) in [5.41, 5.74) is 1.24. The second kappa shape index (κ2) is 9.53. The minimum absolute atomic E-state index is 0. The Balaban J connectivity index is 0.00000264. The molecule has 0 atom stereocenters. The van der Waals surface area contributed by atoms with Crippen molar-refractivity contribution in [1.29, 1.82) is 0 Å². The Hall–Kier alpha value is -1.58. The molecule has 2 rings (SSSR count). The summed E-state index contributed by atoms with van der Waals surface area (Å²) in [4.78, 5) is 10.9. The zero-order valence-corrected chi connectivity index (χ0v) is 16.4. The van der Waals surface area contributed by atoms with E-state index in [9.17, 15) is 0 Å². The quantitative estimate of drug-likeness (QED) is 0.430. The molecule has 0 radical (unpaired) electrons. The number of aromatic nitrogens is 3. The molecule has 7 nitrogen and oxygen atoms in total. The molecular formula is C15H25IN6O. The molecule has 0 aromatic carbocycles. The van der Waals surface area contributed by atoms with Crippen LogP contribution in [-0.4, -0.2) is 45.7 Å². The molecule has 1 N–H and O–H groups in total. The highest BCUT2D eigenvalue weighted by Crippen LogP contribution is 2.04. The van der Waals surface area contributed by atoms with Gasteiger partial charge in [-0.2, -0.15) is 4.98 Å². The van der Waals surface area contributed by atoms with Gasteiger partial charge in [-0.15, -0.1) is 24.0 Å². The van der Waals surface area contributed by atoms with E-state index < -0.39 is 0 Å². The maximum atomic E-state index is 5.10. The molecule has 8 heteroatoms. The Bertz CT molecular complexity index is 621. The predicted molar refractivity (Wildman–Crippen MR) is 101 cm³/mol. The lowest BCUT2D eigenvalue weighted by Crippen LogP contribution is -2.39. The normalized spacial score (nSPS) is 11.2. The van der Waals surface area contributed by atoms with Gasteiger partial charge in [0, 0.05) is 39.0 Å². The third-order valence-electron chi connectivity index (χ3n) is 3.30. The lowest BCUT2D eigenvalue weighted by atomic mass is 10.4. The second-order valence-corrected chi connectivity index (χ2v) is 5.19. The molecular weight excluding hydrogens is 407 g/mol. The van der Waals surface area contributed by atoms with E-state index in [-0.39, 0.29) is 24.0 Å². The highest BCUT2D eigenvalue weighted by atomic mass is 127. The van der Waals surface area contributed by atoms with Gasteiger partial charge in [0.05, 0.1) is 13.1 Å². The van der Waals surface area contributed by atoms with Gasteiger partial charge in [0.2, 0.25) is 5.89 Å². The zero-order valence-electron chi connectivity index (χ0n) is 14.1. The Morgan fingerprint density at radius 3 is 2.83 bits per heavy atom. The van der Waals surface area contributed by atoms with Crippen LogP contribution in [0.15, 0.2) is 27.8 Å². The Morgan fingerprint density at radius 1 is 1.48 bits per heavy atom. The molecule has 128 valence electrons. The summed E-state index contributed by atoms with van der Waals surface area (Å²) < 4.78 is 7.21. The standard InChI is InChI=1S/C15H24N6O.HI/c1-5-16-15(17-9-8-14-18-12(2)19-22-14)21(4)11-13-7-6-10-20(13)3;/h6-7,10H,5,8-9,11H2,1-4H3,(H,16,17);1H. The van der Waals surface area contributed by atoms with Gasteiger partial charge in [-0.25, -0.2) is 0 Å². The van der Waals surface area contributed by atoms with Gasteiger partial charge in [0.25, 0.3) is 0 Å². The van der Waals surface area contributed by atoms with Crippen molar-refractivity contribution in [1.82, 2.24) is 24.9 Å². The van der Waals surface area contributed by atoms with E-state index in [0.29, 0.717) is 24.7 Å².